The van der Waals surface area contributed by atoms with Crippen molar-refractivity contribution in [2.45, 2.75) is 38.1 Å². The predicted molar refractivity (Wildman–Crippen MR) is 71.6 cm³/mol. The van der Waals surface area contributed by atoms with E-state index in [1.165, 1.54) is 25.7 Å². The standard InChI is InChI=1S/C10H19NO2S.2ClH/c12-14(13)8-5-10(9-14)11-6-3-1-2-4-7-11;;/h10H,1-9H2;2*1H. The highest BCUT2D eigenvalue weighted by Crippen LogP contribution is 2.21. The number of hydrogen-bond acceptors (Lipinski definition) is 3. The summed E-state index contributed by atoms with van der Waals surface area (Å²) in [6.45, 7) is 2.22. The molecule has 6 heteroatoms. The highest BCUT2D eigenvalue weighted by molar-refractivity contribution is 7.91. The lowest BCUT2D eigenvalue weighted by atomic mass is 10.2. The molecule has 1 atom stereocenters. The van der Waals surface area contributed by atoms with Gasteiger partial charge in [0.2, 0.25) is 0 Å². The van der Waals surface area contributed by atoms with Gasteiger partial charge in [-0.2, -0.15) is 0 Å². The molecule has 2 heterocycles. The molecule has 2 aliphatic heterocycles. The van der Waals surface area contributed by atoms with Crippen molar-refractivity contribution < 1.29 is 8.42 Å². The highest BCUT2D eigenvalue weighted by atomic mass is 35.5. The van der Waals surface area contributed by atoms with Crippen LogP contribution in [-0.2, 0) is 9.84 Å². The first-order valence-corrected chi connectivity index (χ1v) is 7.44. The Kier molecular flexibility index (Phi) is 7.26. The average Bonchev–Trinajstić information content (AvgIpc) is 2.42. The van der Waals surface area contributed by atoms with Crippen molar-refractivity contribution >= 4 is 34.7 Å². The second kappa shape index (κ2) is 7.04. The molecule has 0 saturated carbocycles. The molecule has 2 saturated heterocycles. The maximum Gasteiger partial charge on any atom is 0.151 e. The zero-order chi connectivity index (χ0) is 10.0. The summed E-state index contributed by atoms with van der Waals surface area (Å²) in [7, 11) is -2.70. The van der Waals surface area contributed by atoms with Gasteiger partial charge in [0.1, 0.15) is 0 Å². The number of likely N-dealkylation sites (tertiary alicyclic amines) is 1. The van der Waals surface area contributed by atoms with Crippen LogP contribution in [0.15, 0.2) is 0 Å². The van der Waals surface area contributed by atoms with Crippen molar-refractivity contribution in [3.8, 4) is 0 Å². The van der Waals surface area contributed by atoms with E-state index in [0.29, 0.717) is 17.5 Å². The second-order valence-corrected chi connectivity index (χ2v) is 6.74. The molecule has 0 aromatic heterocycles. The van der Waals surface area contributed by atoms with E-state index in [4.69, 9.17) is 0 Å². The molecule has 0 N–H and O–H groups in total. The van der Waals surface area contributed by atoms with Gasteiger partial charge in [-0.15, -0.1) is 24.8 Å². The SMILES string of the molecule is Cl.Cl.O=S1(=O)CCC(N2CCCCCC2)C1. The van der Waals surface area contributed by atoms with Crippen LogP contribution in [0.25, 0.3) is 0 Å². The van der Waals surface area contributed by atoms with Gasteiger partial charge in [0, 0.05) is 6.04 Å². The van der Waals surface area contributed by atoms with Gasteiger partial charge in [-0.3, -0.25) is 4.90 Å². The summed E-state index contributed by atoms with van der Waals surface area (Å²) in [4.78, 5) is 2.40. The van der Waals surface area contributed by atoms with Crippen molar-refractivity contribution in [1.29, 1.82) is 0 Å². The first kappa shape index (κ1) is 16.5. The topological polar surface area (TPSA) is 37.4 Å². The van der Waals surface area contributed by atoms with E-state index in [2.05, 4.69) is 4.90 Å². The number of hydrogen-bond donors (Lipinski definition) is 0. The second-order valence-electron chi connectivity index (χ2n) is 4.51. The predicted octanol–water partition coefficient (Wildman–Crippen LogP) is 1.89. The highest BCUT2D eigenvalue weighted by Gasteiger charge is 2.31. The molecular weight excluding hydrogens is 269 g/mol. The fraction of sp³-hybridized carbons (Fsp3) is 1.00. The van der Waals surface area contributed by atoms with Crippen molar-refractivity contribution in [1.82, 2.24) is 4.90 Å². The van der Waals surface area contributed by atoms with Crippen LogP contribution in [0.5, 0.6) is 0 Å². The fourth-order valence-corrected chi connectivity index (χ4v) is 4.29. The van der Waals surface area contributed by atoms with Crippen LogP contribution in [0.2, 0.25) is 0 Å². The van der Waals surface area contributed by atoms with E-state index in [1.54, 1.807) is 0 Å². The van der Waals surface area contributed by atoms with Crippen LogP contribution in [-0.4, -0.2) is 44.0 Å². The molecule has 1 unspecified atom stereocenters. The first-order valence-electron chi connectivity index (χ1n) is 5.62. The van der Waals surface area contributed by atoms with E-state index >= 15 is 0 Å². The smallest absolute Gasteiger partial charge is 0.151 e. The van der Waals surface area contributed by atoms with Crippen LogP contribution in [0.3, 0.4) is 0 Å². The van der Waals surface area contributed by atoms with Gasteiger partial charge in [0.25, 0.3) is 0 Å². The van der Waals surface area contributed by atoms with Gasteiger partial charge < -0.3 is 0 Å². The molecule has 0 amide bonds. The Labute approximate surface area is 111 Å². The Morgan fingerprint density at radius 3 is 1.94 bits per heavy atom. The van der Waals surface area contributed by atoms with Gasteiger partial charge in [-0.25, -0.2) is 8.42 Å². The number of rotatable bonds is 1. The zero-order valence-electron chi connectivity index (χ0n) is 9.43. The Balaban J connectivity index is 0.00000112. The molecule has 0 bridgehead atoms. The van der Waals surface area contributed by atoms with Crippen molar-refractivity contribution in [2.24, 2.45) is 0 Å². The molecule has 2 aliphatic rings. The van der Waals surface area contributed by atoms with Crippen molar-refractivity contribution in [3.63, 3.8) is 0 Å². The molecular formula is C10H21Cl2NO2S. The largest absolute Gasteiger partial charge is 0.299 e. The molecule has 0 aromatic rings. The van der Waals surface area contributed by atoms with Gasteiger partial charge in [-0.1, -0.05) is 12.8 Å². The molecule has 0 aromatic carbocycles. The van der Waals surface area contributed by atoms with Crippen LogP contribution in [0.4, 0.5) is 0 Å². The summed E-state index contributed by atoms with van der Waals surface area (Å²) in [6.07, 6.45) is 5.99. The monoisotopic (exact) mass is 289 g/mol. The maximum absolute atomic E-state index is 11.3. The third-order valence-corrected chi connectivity index (χ3v) is 5.12. The van der Waals surface area contributed by atoms with Crippen molar-refractivity contribution in [3.05, 3.63) is 0 Å². The van der Waals surface area contributed by atoms with Crippen LogP contribution in [0.1, 0.15) is 32.1 Å². The fourth-order valence-electron chi connectivity index (χ4n) is 2.52. The lowest BCUT2D eigenvalue weighted by molar-refractivity contribution is 0.221. The molecule has 0 radical (unpaired) electrons. The van der Waals surface area contributed by atoms with E-state index in [9.17, 15) is 8.42 Å². The third-order valence-electron chi connectivity index (χ3n) is 3.37. The average molecular weight is 290 g/mol. The number of sulfone groups is 1. The molecule has 98 valence electrons. The molecule has 0 aliphatic carbocycles. The van der Waals surface area contributed by atoms with E-state index in [0.717, 1.165) is 19.5 Å². The zero-order valence-corrected chi connectivity index (χ0v) is 11.9. The number of halogens is 2. The van der Waals surface area contributed by atoms with Gasteiger partial charge >= 0.3 is 0 Å². The Hall–Kier alpha value is 0.490. The summed E-state index contributed by atoms with van der Waals surface area (Å²) in [5, 5.41) is 0. The van der Waals surface area contributed by atoms with Crippen molar-refractivity contribution in [2.75, 3.05) is 24.6 Å². The molecule has 2 fully saturated rings. The first-order chi connectivity index (χ1) is 6.67. The Morgan fingerprint density at radius 1 is 0.938 bits per heavy atom. The number of nitrogens with zero attached hydrogens (tertiary/aromatic N) is 1. The lowest BCUT2D eigenvalue weighted by Crippen LogP contribution is -2.36. The van der Waals surface area contributed by atoms with Crippen LogP contribution < -0.4 is 0 Å². The van der Waals surface area contributed by atoms with E-state index in [1.807, 2.05) is 0 Å². The van der Waals surface area contributed by atoms with Gasteiger partial charge in [0.15, 0.2) is 9.84 Å². The summed E-state index contributed by atoms with van der Waals surface area (Å²) in [5.74, 6) is 0.821. The minimum Gasteiger partial charge on any atom is -0.299 e. The normalized spacial score (nSPS) is 29.9. The van der Waals surface area contributed by atoms with Gasteiger partial charge in [0.05, 0.1) is 11.5 Å². The quantitative estimate of drug-likeness (QED) is 0.740. The summed E-state index contributed by atoms with van der Waals surface area (Å²) in [5.41, 5.74) is 0. The minimum absolute atomic E-state index is 0. The minimum atomic E-state index is -2.70. The Bertz CT molecular complexity index is 287. The summed E-state index contributed by atoms with van der Waals surface area (Å²) in [6, 6.07) is 0.332. The molecule has 2 rings (SSSR count). The van der Waals surface area contributed by atoms with Crippen LogP contribution in [0, 0.1) is 0 Å². The van der Waals surface area contributed by atoms with Crippen LogP contribution >= 0.6 is 24.8 Å². The molecule has 0 spiro atoms. The maximum atomic E-state index is 11.3. The van der Waals surface area contributed by atoms with E-state index < -0.39 is 9.84 Å². The summed E-state index contributed by atoms with van der Waals surface area (Å²) >= 11 is 0. The molecule has 16 heavy (non-hydrogen) atoms. The van der Waals surface area contributed by atoms with Gasteiger partial charge in [-0.05, 0) is 32.4 Å². The lowest BCUT2D eigenvalue weighted by Gasteiger charge is -2.25. The molecule has 3 nitrogen and oxygen atoms in total. The Morgan fingerprint density at radius 2 is 1.50 bits per heavy atom. The summed E-state index contributed by atoms with van der Waals surface area (Å²) < 4.78 is 22.7. The van der Waals surface area contributed by atoms with E-state index in [-0.39, 0.29) is 24.8 Å². The third kappa shape index (κ3) is 4.40.